The van der Waals surface area contributed by atoms with Gasteiger partial charge in [-0.1, -0.05) is 6.92 Å². The first-order chi connectivity index (χ1) is 7.51. The molecule has 7 nitrogen and oxygen atoms in total. The summed E-state index contributed by atoms with van der Waals surface area (Å²) in [6.45, 7) is 1.09. The van der Waals surface area contributed by atoms with Crippen LogP contribution in [0.1, 0.15) is 13.3 Å². The molecule has 1 saturated heterocycles. The van der Waals surface area contributed by atoms with E-state index in [0.717, 1.165) is 0 Å². The minimum atomic E-state index is -1.45. The average Bonchev–Trinajstić information content (AvgIpc) is 2.28. The Bertz CT molecular complexity index is 248. The van der Waals surface area contributed by atoms with Gasteiger partial charge in [0, 0.05) is 6.42 Å². The van der Waals surface area contributed by atoms with Crippen LogP contribution < -0.4 is 5.32 Å². The van der Waals surface area contributed by atoms with E-state index in [1.807, 2.05) is 0 Å². The molecule has 0 radical (unpaired) electrons. The van der Waals surface area contributed by atoms with Gasteiger partial charge in [0.05, 0.1) is 6.61 Å². The normalized spacial score (nSPS) is 39.4. The van der Waals surface area contributed by atoms with Crippen molar-refractivity contribution in [1.29, 1.82) is 0 Å². The topological polar surface area (TPSA) is 119 Å². The molecule has 1 heterocycles. The molecule has 1 rings (SSSR count). The smallest absolute Gasteiger partial charge is 0.220 e. The van der Waals surface area contributed by atoms with Gasteiger partial charge in [0.15, 0.2) is 6.29 Å². The molecule has 1 aliphatic rings. The summed E-state index contributed by atoms with van der Waals surface area (Å²) in [5.41, 5.74) is 0. The average molecular weight is 235 g/mol. The Hall–Kier alpha value is -0.730. The van der Waals surface area contributed by atoms with Crippen LogP contribution in [0.3, 0.4) is 0 Å². The van der Waals surface area contributed by atoms with E-state index in [4.69, 9.17) is 9.84 Å². The molecule has 5 atom stereocenters. The minimum Gasteiger partial charge on any atom is -0.394 e. The molecule has 1 aliphatic heterocycles. The number of hydrogen-bond acceptors (Lipinski definition) is 6. The predicted octanol–water partition coefficient (Wildman–Crippen LogP) is -2.69. The molecular weight excluding hydrogens is 218 g/mol. The third kappa shape index (κ3) is 2.69. The number of nitrogens with one attached hydrogen (secondary N) is 1. The molecule has 0 aliphatic carbocycles. The Balaban J connectivity index is 2.67. The molecule has 5 N–H and O–H groups in total. The van der Waals surface area contributed by atoms with Crippen LogP contribution in [0.2, 0.25) is 0 Å². The maximum absolute atomic E-state index is 11.1. The third-order valence-corrected chi connectivity index (χ3v) is 2.55. The van der Waals surface area contributed by atoms with Crippen LogP contribution in [-0.2, 0) is 9.53 Å². The van der Waals surface area contributed by atoms with Crippen molar-refractivity contribution in [3.63, 3.8) is 0 Å². The highest BCUT2D eigenvalue weighted by molar-refractivity contribution is 5.76. The van der Waals surface area contributed by atoms with Gasteiger partial charge in [0.25, 0.3) is 0 Å². The van der Waals surface area contributed by atoms with Crippen molar-refractivity contribution in [1.82, 2.24) is 5.32 Å². The Morgan fingerprint density at radius 1 is 1.31 bits per heavy atom. The van der Waals surface area contributed by atoms with Crippen molar-refractivity contribution in [3.05, 3.63) is 0 Å². The molecule has 94 valence electrons. The SMILES string of the molecule is CCC(=O)N[C@@H]1[C@H](O)[C@H](O)[C@H](CO)O[C@@H]1O. The Morgan fingerprint density at radius 2 is 1.94 bits per heavy atom. The van der Waals surface area contributed by atoms with E-state index < -0.39 is 37.3 Å². The van der Waals surface area contributed by atoms with E-state index in [0.29, 0.717) is 0 Å². The lowest BCUT2D eigenvalue weighted by atomic mass is 9.97. The predicted molar refractivity (Wildman–Crippen MR) is 52.2 cm³/mol. The lowest BCUT2D eigenvalue weighted by Crippen LogP contribution is -2.64. The van der Waals surface area contributed by atoms with Crippen LogP contribution in [0.5, 0.6) is 0 Å². The van der Waals surface area contributed by atoms with Crippen molar-refractivity contribution < 1.29 is 30.0 Å². The molecular formula is C9H17NO6. The summed E-state index contributed by atoms with van der Waals surface area (Å²) in [6.07, 6.45) is -5.05. The fraction of sp³-hybridized carbons (Fsp3) is 0.889. The molecule has 16 heavy (non-hydrogen) atoms. The molecule has 0 aromatic carbocycles. The largest absolute Gasteiger partial charge is 0.394 e. The third-order valence-electron chi connectivity index (χ3n) is 2.55. The molecule has 0 bridgehead atoms. The molecule has 1 amide bonds. The number of rotatable bonds is 3. The van der Waals surface area contributed by atoms with Crippen molar-refractivity contribution in [2.24, 2.45) is 0 Å². The number of aliphatic hydroxyl groups excluding tert-OH is 4. The van der Waals surface area contributed by atoms with Crippen LogP contribution in [0, 0.1) is 0 Å². The number of amides is 1. The van der Waals surface area contributed by atoms with E-state index in [-0.39, 0.29) is 12.3 Å². The molecule has 7 heteroatoms. The summed E-state index contributed by atoms with van der Waals surface area (Å²) >= 11 is 0. The highest BCUT2D eigenvalue weighted by Crippen LogP contribution is 2.19. The van der Waals surface area contributed by atoms with Gasteiger partial charge in [-0.2, -0.15) is 0 Å². The van der Waals surface area contributed by atoms with Crippen LogP contribution in [0.25, 0.3) is 0 Å². The van der Waals surface area contributed by atoms with E-state index in [1.165, 1.54) is 0 Å². The molecule has 0 aromatic heterocycles. The lowest BCUT2D eigenvalue weighted by molar-refractivity contribution is -0.253. The maximum Gasteiger partial charge on any atom is 0.220 e. The summed E-state index contributed by atoms with van der Waals surface area (Å²) < 4.78 is 4.86. The number of ether oxygens (including phenoxy) is 1. The first kappa shape index (κ1) is 13.3. The van der Waals surface area contributed by atoms with Crippen LogP contribution in [0.15, 0.2) is 0 Å². The summed E-state index contributed by atoms with van der Waals surface area (Å²) in [6, 6.07) is -1.09. The highest BCUT2D eigenvalue weighted by atomic mass is 16.6. The fourth-order valence-corrected chi connectivity index (χ4v) is 1.54. The Kier molecular flexibility index (Phi) is 4.63. The summed E-state index contributed by atoms with van der Waals surface area (Å²) in [5, 5.41) is 39.8. The molecule has 0 aromatic rings. The zero-order chi connectivity index (χ0) is 12.3. The van der Waals surface area contributed by atoms with Gasteiger partial charge in [0.1, 0.15) is 24.4 Å². The van der Waals surface area contributed by atoms with Gasteiger partial charge >= 0.3 is 0 Å². The van der Waals surface area contributed by atoms with Crippen LogP contribution >= 0.6 is 0 Å². The van der Waals surface area contributed by atoms with Gasteiger partial charge in [0.2, 0.25) is 5.91 Å². The first-order valence-electron chi connectivity index (χ1n) is 5.11. The number of carbonyl (C=O) groups is 1. The van der Waals surface area contributed by atoms with Crippen LogP contribution in [0.4, 0.5) is 0 Å². The quantitative estimate of drug-likeness (QED) is 0.363. The molecule has 1 fully saturated rings. The first-order valence-corrected chi connectivity index (χ1v) is 5.11. The van der Waals surface area contributed by atoms with Crippen LogP contribution in [-0.4, -0.2) is 63.6 Å². The summed E-state index contributed by atoms with van der Waals surface area (Å²) in [7, 11) is 0. The maximum atomic E-state index is 11.1. The summed E-state index contributed by atoms with van der Waals surface area (Å²) in [4.78, 5) is 11.1. The van der Waals surface area contributed by atoms with E-state index in [2.05, 4.69) is 5.32 Å². The standard InChI is InChI=1S/C9H17NO6/c1-2-5(12)10-6-8(14)7(13)4(3-11)16-9(6)15/h4,6-9,11,13-15H,2-3H2,1H3,(H,10,12)/t4-,6+,7+,8-,9-/m0/s1. The lowest BCUT2D eigenvalue weighted by Gasteiger charge is -2.40. The second-order valence-corrected chi connectivity index (χ2v) is 3.68. The van der Waals surface area contributed by atoms with Crippen molar-refractivity contribution >= 4 is 5.91 Å². The van der Waals surface area contributed by atoms with Gasteiger partial charge in [-0.05, 0) is 0 Å². The monoisotopic (exact) mass is 235 g/mol. The van der Waals surface area contributed by atoms with Gasteiger partial charge in [-0.25, -0.2) is 0 Å². The highest BCUT2D eigenvalue weighted by Gasteiger charge is 2.44. The van der Waals surface area contributed by atoms with Crippen molar-refractivity contribution in [3.8, 4) is 0 Å². The van der Waals surface area contributed by atoms with Crippen molar-refractivity contribution in [2.45, 2.75) is 44.0 Å². The molecule has 0 spiro atoms. The van der Waals surface area contributed by atoms with Gasteiger partial charge in [-0.15, -0.1) is 0 Å². The number of aliphatic hydroxyl groups is 4. The zero-order valence-corrected chi connectivity index (χ0v) is 8.91. The fourth-order valence-electron chi connectivity index (χ4n) is 1.54. The minimum absolute atomic E-state index is 0.190. The second kappa shape index (κ2) is 5.55. The second-order valence-electron chi connectivity index (χ2n) is 3.68. The van der Waals surface area contributed by atoms with Crippen molar-refractivity contribution in [2.75, 3.05) is 6.61 Å². The Morgan fingerprint density at radius 3 is 2.44 bits per heavy atom. The van der Waals surface area contributed by atoms with E-state index in [9.17, 15) is 20.1 Å². The number of hydrogen-bond donors (Lipinski definition) is 5. The molecule has 0 saturated carbocycles. The Labute approximate surface area is 92.7 Å². The van der Waals surface area contributed by atoms with Gasteiger partial charge < -0.3 is 30.5 Å². The van der Waals surface area contributed by atoms with E-state index in [1.54, 1.807) is 6.92 Å². The zero-order valence-electron chi connectivity index (χ0n) is 8.91. The summed E-state index contributed by atoms with van der Waals surface area (Å²) in [5.74, 6) is -0.374. The van der Waals surface area contributed by atoms with Gasteiger partial charge in [-0.3, -0.25) is 4.79 Å². The van der Waals surface area contributed by atoms with E-state index >= 15 is 0 Å². The molecule has 0 unspecified atom stereocenters. The number of carbonyl (C=O) groups excluding carboxylic acids is 1.